The Kier molecular flexibility index (Phi) is 5.02. The number of hydrogen-bond acceptors (Lipinski definition) is 4. The van der Waals surface area contributed by atoms with E-state index in [1.165, 1.54) is 0 Å². The molecule has 0 N–H and O–H groups in total. The highest BCUT2D eigenvalue weighted by Gasteiger charge is 2.43. The molecule has 2 fully saturated rings. The van der Waals surface area contributed by atoms with Crippen molar-refractivity contribution in [1.29, 1.82) is 0 Å². The number of aromatic nitrogens is 3. The van der Waals surface area contributed by atoms with Crippen LogP contribution in [0.5, 0.6) is 0 Å². The monoisotopic (exact) mass is 435 g/mol. The fourth-order valence-corrected chi connectivity index (χ4v) is 5.41. The van der Waals surface area contributed by atoms with Crippen LogP contribution in [0.1, 0.15) is 46.5 Å². The Labute approximate surface area is 189 Å². The third-order valence-corrected chi connectivity index (χ3v) is 6.88. The van der Waals surface area contributed by atoms with Crippen LogP contribution in [0.25, 0.3) is 11.2 Å². The van der Waals surface area contributed by atoms with Gasteiger partial charge < -0.3 is 9.80 Å². The standard InChI is InChI=1S/C25H33N5O2/c1-25(2,3)16-29-20-12-13-21(26-22(20)27(4)24(29)32)28-14-18-10-11-19(15-28)30(18)23(31)17-8-6-5-7-9-17/h6,8-9,12-13,18-19H,5,7,10-11,14-16H2,1-4H3. The van der Waals surface area contributed by atoms with Crippen molar-refractivity contribution in [1.82, 2.24) is 19.0 Å². The number of piperazine rings is 1. The molecule has 2 unspecified atom stereocenters. The Hall–Kier alpha value is -2.83. The fraction of sp³-hybridized carbons (Fsp3) is 0.560. The van der Waals surface area contributed by atoms with Crippen LogP contribution in [0.4, 0.5) is 5.82 Å². The lowest BCUT2D eigenvalue weighted by atomic mass is 9.97. The van der Waals surface area contributed by atoms with Crippen molar-refractivity contribution in [2.24, 2.45) is 12.5 Å². The van der Waals surface area contributed by atoms with E-state index in [9.17, 15) is 9.59 Å². The van der Waals surface area contributed by atoms with Crippen LogP contribution in [-0.2, 0) is 18.4 Å². The van der Waals surface area contributed by atoms with Crippen LogP contribution in [0.15, 0.2) is 40.7 Å². The molecule has 7 nitrogen and oxygen atoms in total. The second-order valence-electron chi connectivity index (χ2n) is 10.6. The molecule has 5 rings (SSSR count). The van der Waals surface area contributed by atoms with Gasteiger partial charge in [0.1, 0.15) is 5.82 Å². The Morgan fingerprint density at radius 3 is 2.47 bits per heavy atom. The molecule has 2 saturated heterocycles. The van der Waals surface area contributed by atoms with E-state index < -0.39 is 0 Å². The number of allylic oxidation sites excluding steroid dienone is 2. The number of anilines is 1. The maximum Gasteiger partial charge on any atom is 0.330 e. The molecule has 0 aromatic carbocycles. The minimum atomic E-state index is -0.0242. The number of rotatable bonds is 3. The summed E-state index contributed by atoms with van der Waals surface area (Å²) in [4.78, 5) is 35.3. The van der Waals surface area contributed by atoms with Gasteiger partial charge in [-0.05, 0) is 43.2 Å². The number of aryl methyl sites for hydroxylation is 1. The lowest BCUT2D eigenvalue weighted by molar-refractivity contribution is -0.130. The number of amides is 1. The van der Waals surface area contributed by atoms with E-state index in [4.69, 9.17) is 4.98 Å². The van der Waals surface area contributed by atoms with Crippen LogP contribution in [0.3, 0.4) is 0 Å². The van der Waals surface area contributed by atoms with Crippen LogP contribution in [0, 0.1) is 5.41 Å². The number of pyridine rings is 1. The highest BCUT2D eigenvalue weighted by atomic mass is 16.2. The maximum atomic E-state index is 13.2. The van der Waals surface area contributed by atoms with E-state index in [1.54, 1.807) is 11.6 Å². The highest BCUT2D eigenvalue weighted by Crippen LogP contribution is 2.34. The minimum absolute atomic E-state index is 0.00179. The third-order valence-electron chi connectivity index (χ3n) is 6.88. The lowest BCUT2D eigenvalue weighted by Crippen LogP contribution is -2.56. The first kappa shape index (κ1) is 21.0. The number of nitrogens with zero attached hydrogens (tertiary/aromatic N) is 5. The third kappa shape index (κ3) is 3.57. The number of hydrogen-bond donors (Lipinski definition) is 0. The Bertz CT molecular complexity index is 1170. The second-order valence-corrected chi connectivity index (χ2v) is 10.6. The van der Waals surface area contributed by atoms with E-state index in [-0.39, 0.29) is 29.1 Å². The zero-order valence-electron chi connectivity index (χ0n) is 19.5. The van der Waals surface area contributed by atoms with Crippen LogP contribution in [0.2, 0.25) is 0 Å². The maximum absolute atomic E-state index is 13.2. The molecule has 32 heavy (non-hydrogen) atoms. The summed E-state index contributed by atoms with van der Waals surface area (Å²) in [7, 11) is 1.80. The van der Waals surface area contributed by atoms with E-state index in [1.807, 2.05) is 22.8 Å². The summed E-state index contributed by atoms with van der Waals surface area (Å²) >= 11 is 0. The van der Waals surface area contributed by atoms with Crippen molar-refractivity contribution in [2.75, 3.05) is 18.0 Å². The van der Waals surface area contributed by atoms with Gasteiger partial charge >= 0.3 is 5.69 Å². The Morgan fingerprint density at radius 2 is 1.84 bits per heavy atom. The van der Waals surface area contributed by atoms with E-state index in [0.717, 1.165) is 61.3 Å². The predicted octanol–water partition coefficient (Wildman–Crippen LogP) is 3.24. The van der Waals surface area contributed by atoms with Gasteiger partial charge in [0.25, 0.3) is 5.91 Å². The first-order valence-electron chi connectivity index (χ1n) is 11.7. The van der Waals surface area contributed by atoms with E-state index in [2.05, 4.69) is 42.7 Å². The van der Waals surface area contributed by atoms with Gasteiger partial charge in [0.15, 0.2) is 5.65 Å². The van der Waals surface area contributed by atoms with Gasteiger partial charge in [-0.3, -0.25) is 13.9 Å². The molecule has 170 valence electrons. The molecule has 3 aliphatic rings. The van der Waals surface area contributed by atoms with Gasteiger partial charge in [-0.2, -0.15) is 0 Å². The summed E-state index contributed by atoms with van der Waals surface area (Å²) in [5, 5.41) is 0. The van der Waals surface area contributed by atoms with Crippen molar-refractivity contribution in [3.8, 4) is 0 Å². The normalized spacial score (nSPS) is 23.2. The molecule has 2 aromatic rings. The SMILES string of the molecule is Cn1c(=O)n(CC(C)(C)C)c2ccc(N3CC4CCC(C3)N4C(=O)C3=CCCC=C3)nc21. The van der Waals surface area contributed by atoms with E-state index >= 15 is 0 Å². The van der Waals surface area contributed by atoms with Gasteiger partial charge in [0.2, 0.25) is 0 Å². The molecule has 0 radical (unpaired) electrons. The molecule has 2 aliphatic heterocycles. The summed E-state index contributed by atoms with van der Waals surface area (Å²) < 4.78 is 3.48. The van der Waals surface area contributed by atoms with Crippen molar-refractivity contribution >= 4 is 22.9 Å². The molecular formula is C25H33N5O2. The smallest absolute Gasteiger partial charge is 0.330 e. The van der Waals surface area contributed by atoms with Crippen LogP contribution < -0.4 is 10.6 Å². The van der Waals surface area contributed by atoms with E-state index in [0.29, 0.717) is 6.54 Å². The molecule has 0 spiro atoms. The zero-order chi connectivity index (χ0) is 22.6. The number of fused-ring (bicyclic) bond motifs is 3. The molecule has 2 bridgehead atoms. The summed E-state index contributed by atoms with van der Waals surface area (Å²) in [6.07, 6.45) is 10.2. The largest absolute Gasteiger partial charge is 0.352 e. The lowest BCUT2D eigenvalue weighted by Gasteiger charge is -2.42. The molecular weight excluding hydrogens is 402 g/mol. The van der Waals surface area contributed by atoms with Gasteiger partial charge in [-0.25, -0.2) is 9.78 Å². The fourth-order valence-electron chi connectivity index (χ4n) is 5.41. The molecule has 7 heteroatoms. The van der Waals surface area contributed by atoms with Crippen molar-refractivity contribution < 1.29 is 4.79 Å². The van der Waals surface area contributed by atoms with Crippen molar-refractivity contribution in [2.45, 2.75) is 65.1 Å². The van der Waals surface area contributed by atoms with Crippen LogP contribution in [-0.4, -0.2) is 50.1 Å². The molecule has 1 aliphatic carbocycles. The molecule has 4 heterocycles. The Balaban J connectivity index is 1.41. The summed E-state index contributed by atoms with van der Waals surface area (Å²) in [6, 6.07) is 4.49. The molecule has 1 amide bonds. The zero-order valence-corrected chi connectivity index (χ0v) is 19.5. The Morgan fingerprint density at radius 1 is 1.12 bits per heavy atom. The summed E-state index contributed by atoms with van der Waals surface area (Å²) in [5.41, 5.74) is 2.42. The molecule has 2 aromatic heterocycles. The van der Waals surface area contributed by atoms with Crippen LogP contribution >= 0.6 is 0 Å². The second kappa shape index (κ2) is 7.64. The molecule has 0 saturated carbocycles. The first-order valence-corrected chi connectivity index (χ1v) is 11.7. The van der Waals surface area contributed by atoms with Gasteiger partial charge in [-0.1, -0.05) is 39.0 Å². The topological polar surface area (TPSA) is 63.4 Å². The summed E-state index contributed by atoms with van der Waals surface area (Å²) in [6.45, 7) is 8.63. The number of carbonyl (C=O) groups excluding carboxylic acids is 1. The number of imidazole rings is 1. The van der Waals surface area contributed by atoms with Gasteiger partial charge in [0, 0.05) is 32.3 Å². The quantitative estimate of drug-likeness (QED) is 0.743. The predicted molar refractivity (Wildman–Crippen MR) is 127 cm³/mol. The van der Waals surface area contributed by atoms with Crippen molar-refractivity contribution in [3.63, 3.8) is 0 Å². The number of carbonyl (C=O) groups is 1. The van der Waals surface area contributed by atoms with Gasteiger partial charge in [-0.15, -0.1) is 0 Å². The molecule has 2 atom stereocenters. The first-order chi connectivity index (χ1) is 15.2. The van der Waals surface area contributed by atoms with Gasteiger partial charge in [0.05, 0.1) is 17.6 Å². The van der Waals surface area contributed by atoms with Crippen molar-refractivity contribution in [3.05, 3.63) is 46.4 Å². The summed E-state index contributed by atoms with van der Waals surface area (Å²) in [5.74, 6) is 1.07. The average molecular weight is 436 g/mol. The minimum Gasteiger partial charge on any atom is -0.352 e. The highest BCUT2D eigenvalue weighted by molar-refractivity contribution is 5.97. The average Bonchev–Trinajstić information content (AvgIpc) is 3.16.